The quantitative estimate of drug-likeness (QED) is 0.787. The first-order chi connectivity index (χ1) is 10.2. The van der Waals surface area contributed by atoms with Crippen molar-refractivity contribution in [3.63, 3.8) is 0 Å². The van der Waals surface area contributed by atoms with Crippen molar-refractivity contribution in [3.05, 3.63) is 0 Å². The number of nitrogens with zero attached hydrogens (tertiary/aromatic N) is 2. The van der Waals surface area contributed by atoms with E-state index in [1.807, 2.05) is 23.6 Å². The molecule has 0 bridgehead atoms. The van der Waals surface area contributed by atoms with Crippen molar-refractivity contribution < 1.29 is 9.59 Å². The van der Waals surface area contributed by atoms with Crippen molar-refractivity contribution in [2.75, 3.05) is 25.4 Å². The minimum absolute atomic E-state index is 0.00973. The van der Waals surface area contributed by atoms with E-state index in [2.05, 4.69) is 4.90 Å². The number of rotatable bonds is 2. The average molecular weight is 310 g/mol. The molecule has 3 aliphatic rings. The van der Waals surface area contributed by atoms with Gasteiger partial charge in [0.1, 0.15) is 0 Å². The lowest BCUT2D eigenvalue weighted by molar-refractivity contribution is -0.140. The van der Waals surface area contributed by atoms with E-state index in [9.17, 15) is 9.59 Å². The smallest absolute Gasteiger partial charge is 0.226 e. The number of carbonyl (C=O) groups is 2. The molecule has 0 unspecified atom stereocenters. The van der Waals surface area contributed by atoms with E-state index >= 15 is 0 Å². The van der Waals surface area contributed by atoms with Crippen LogP contribution < -0.4 is 0 Å². The molecule has 0 aromatic rings. The molecule has 2 amide bonds. The summed E-state index contributed by atoms with van der Waals surface area (Å²) in [5.74, 6) is 1.98. The van der Waals surface area contributed by atoms with Crippen LogP contribution in [-0.4, -0.2) is 51.9 Å². The highest BCUT2D eigenvalue weighted by Crippen LogP contribution is 2.45. The molecule has 0 aromatic carbocycles. The molecule has 1 spiro atoms. The molecule has 4 nitrogen and oxygen atoms in total. The third-order valence-electron chi connectivity index (χ3n) is 5.35. The summed E-state index contributed by atoms with van der Waals surface area (Å²) in [6.07, 6.45) is 7.06. The van der Waals surface area contributed by atoms with Crippen molar-refractivity contribution in [1.29, 1.82) is 0 Å². The van der Waals surface area contributed by atoms with Crippen molar-refractivity contribution in [3.8, 4) is 0 Å². The van der Waals surface area contributed by atoms with Gasteiger partial charge in [0.2, 0.25) is 11.8 Å². The van der Waals surface area contributed by atoms with Crippen LogP contribution in [-0.2, 0) is 9.59 Å². The summed E-state index contributed by atoms with van der Waals surface area (Å²) >= 11 is 1.95. The molecule has 1 aliphatic carbocycles. The summed E-state index contributed by atoms with van der Waals surface area (Å²) in [4.78, 5) is 28.8. The molecule has 21 heavy (non-hydrogen) atoms. The molecule has 0 atom stereocenters. The summed E-state index contributed by atoms with van der Waals surface area (Å²) in [6, 6.07) is 0. The molecule has 0 N–H and O–H groups in total. The van der Waals surface area contributed by atoms with E-state index in [-0.39, 0.29) is 16.7 Å². The van der Waals surface area contributed by atoms with Crippen LogP contribution in [0, 0.1) is 5.92 Å². The number of likely N-dealkylation sites (tertiary alicyclic amines) is 1. The molecule has 118 valence electrons. The van der Waals surface area contributed by atoms with Gasteiger partial charge in [-0.3, -0.25) is 9.59 Å². The van der Waals surface area contributed by atoms with Crippen LogP contribution >= 0.6 is 11.8 Å². The van der Waals surface area contributed by atoms with Gasteiger partial charge in [-0.15, -0.1) is 11.8 Å². The second kappa shape index (κ2) is 6.19. The van der Waals surface area contributed by atoms with E-state index < -0.39 is 0 Å². The van der Waals surface area contributed by atoms with Crippen LogP contribution in [0.15, 0.2) is 0 Å². The second-order valence-electron chi connectivity index (χ2n) is 6.50. The van der Waals surface area contributed by atoms with Gasteiger partial charge in [-0.2, -0.15) is 0 Å². The Kier molecular flexibility index (Phi) is 4.48. The van der Waals surface area contributed by atoms with E-state index in [0.29, 0.717) is 12.3 Å². The number of hydrogen-bond donors (Lipinski definition) is 0. The van der Waals surface area contributed by atoms with Crippen molar-refractivity contribution in [1.82, 2.24) is 9.80 Å². The van der Waals surface area contributed by atoms with Gasteiger partial charge in [0.05, 0.1) is 4.87 Å². The first-order valence-electron chi connectivity index (χ1n) is 8.39. The SMILES string of the molecule is CCC(=O)N1CCC2(CC1)SCCN2C(=O)C1CCCC1. The van der Waals surface area contributed by atoms with Gasteiger partial charge in [0, 0.05) is 37.7 Å². The van der Waals surface area contributed by atoms with Crippen LogP contribution in [0.25, 0.3) is 0 Å². The third kappa shape index (κ3) is 2.81. The van der Waals surface area contributed by atoms with Gasteiger partial charge in [-0.1, -0.05) is 19.8 Å². The van der Waals surface area contributed by atoms with Crippen LogP contribution in [0.3, 0.4) is 0 Å². The fourth-order valence-corrected chi connectivity index (χ4v) is 5.52. The number of thioether (sulfide) groups is 1. The zero-order valence-corrected chi connectivity index (χ0v) is 13.8. The minimum Gasteiger partial charge on any atom is -0.342 e. The molecule has 3 rings (SSSR count). The molecule has 1 saturated carbocycles. The summed E-state index contributed by atoms with van der Waals surface area (Å²) in [5.41, 5.74) is 0. The zero-order chi connectivity index (χ0) is 14.9. The number of piperidine rings is 1. The van der Waals surface area contributed by atoms with Crippen molar-refractivity contribution >= 4 is 23.6 Å². The van der Waals surface area contributed by atoms with E-state index in [0.717, 1.165) is 51.1 Å². The number of hydrogen-bond acceptors (Lipinski definition) is 3. The van der Waals surface area contributed by atoms with E-state index in [4.69, 9.17) is 0 Å². The van der Waals surface area contributed by atoms with Gasteiger partial charge in [0.15, 0.2) is 0 Å². The van der Waals surface area contributed by atoms with Crippen LogP contribution in [0.5, 0.6) is 0 Å². The van der Waals surface area contributed by atoms with Gasteiger partial charge in [0.25, 0.3) is 0 Å². The van der Waals surface area contributed by atoms with Crippen LogP contribution in [0.4, 0.5) is 0 Å². The second-order valence-corrected chi connectivity index (χ2v) is 7.96. The van der Waals surface area contributed by atoms with Gasteiger partial charge in [-0.25, -0.2) is 0 Å². The Morgan fingerprint density at radius 3 is 2.43 bits per heavy atom. The monoisotopic (exact) mass is 310 g/mol. The number of carbonyl (C=O) groups excluding carboxylic acids is 2. The Labute approximate surface area is 131 Å². The highest BCUT2D eigenvalue weighted by molar-refractivity contribution is 8.00. The summed E-state index contributed by atoms with van der Waals surface area (Å²) in [7, 11) is 0. The predicted molar refractivity (Wildman–Crippen MR) is 85.0 cm³/mol. The third-order valence-corrected chi connectivity index (χ3v) is 6.90. The molecule has 2 saturated heterocycles. The first-order valence-corrected chi connectivity index (χ1v) is 9.38. The Bertz CT molecular complexity index is 413. The molecular formula is C16H26N2O2S. The van der Waals surface area contributed by atoms with Crippen LogP contribution in [0.2, 0.25) is 0 Å². The number of amides is 2. The fourth-order valence-electron chi connectivity index (χ4n) is 4.06. The maximum atomic E-state index is 12.8. The predicted octanol–water partition coefficient (Wildman–Crippen LogP) is 2.48. The molecule has 3 fully saturated rings. The summed E-state index contributed by atoms with van der Waals surface area (Å²) < 4.78 is 0. The molecule has 2 aliphatic heterocycles. The first kappa shape index (κ1) is 15.2. The Morgan fingerprint density at radius 1 is 1.14 bits per heavy atom. The topological polar surface area (TPSA) is 40.6 Å². The summed E-state index contributed by atoms with van der Waals surface area (Å²) in [6.45, 7) is 4.46. The maximum Gasteiger partial charge on any atom is 0.226 e. The standard InChI is InChI=1S/C16H26N2O2S/c1-2-14(19)17-9-7-16(8-10-17)18(11-12-21-16)15(20)13-5-3-4-6-13/h13H,2-12H2,1H3. The molecule has 0 aromatic heterocycles. The molecular weight excluding hydrogens is 284 g/mol. The molecule has 2 heterocycles. The van der Waals surface area contributed by atoms with Gasteiger partial charge in [-0.05, 0) is 25.7 Å². The lowest BCUT2D eigenvalue weighted by Gasteiger charge is -2.44. The highest BCUT2D eigenvalue weighted by Gasteiger charge is 2.48. The molecule has 5 heteroatoms. The Balaban J connectivity index is 1.66. The van der Waals surface area contributed by atoms with Gasteiger partial charge < -0.3 is 9.80 Å². The van der Waals surface area contributed by atoms with E-state index in [1.165, 1.54) is 12.8 Å². The minimum atomic E-state index is -0.00973. The lowest BCUT2D eigenvalue weighted by atomic mass is 9.98. The summed E-state index contributed by atoms with van der Waals surface area (Å²) in [5, 5.41) is 0. The highest BCUT2D eigenvalue weighted by atomic mass is 32.2. The average Bonchev–Trinajstić information content (AvgIpc) is 3.17. The van der Waals surface area contributed by atoms with Crippen molar-refractivity contribution in [2.24, 2.45) is 5.92 Å². The van der Waals surface area contributed by atoms with Gasteiger partial charge >= 0.3 is 0 Å². The maximum absolute atomic E-state index is 12.8. The van der Waals surface area contributed by atoms with E-state index in [1.54, 1.807) is 0 Å². The normalized spacial score (nSPS) is 25.8. The van der Waals surface area contributed by atoms with Crippen molar-refractivity contribution in [2.45, 2.75) is 56.7 Å². The fraction of sp³-hybridized carbons (Fsp3) is 0.875. The Hall–Kier alpha value is -0.710. The largest absolute Gasteiger partial charge is 0.342 e. The molecule has 0 radical (unpaired) electrons. The van der Waals surface area contributed by atoms with Crippen LogP contribution in [0.1, 0.15) is 51.9 Å². The Morgan fingerprint density at radius 2 is 1.81 bits per heavy atom. The lowest BCUT2D eigenvalue weighted by Crippen LogP contribution is -2.54. The zero-order valence-electron chi connectivity index (χ0n) is 13.0.